The van der Waals surface area contributed by atoms with Gasteiger partial charge in [0.1, 0.15) is 0 Å². The molecule has 0 amide bonds. The standard InChI is InChI=1S/C112H72N4/c1-111(2)97-41-19-15-39-85(97)87-65-95-91-61-77(71-29-11-5-12-30-71)47-53-105(91)115(109(95)67-101(87)111)81-50-56-108-94(64-81)90-60-76(70-27-9-4-10-28-70)46-52-104(90)114(108)80-36-24-33-74(58-80)72-31-23-32-73(57-72)78-48-54-106-92(62-78)96-66-88-86-40-18-22-44-100(86)112(98-42-20-16-37-83(98)84-38-17-21-43-99(84)112)102(88)68-110(96)116(106)82-49-55-107-93(63-82)89-59-75(69-25-7-3-8-26-69)45-51-103(89)113(107)79-34-13-6-14-35-79/h3-68H,1-2H3. The zero-order valence-electron chi connectivity index (χ0n) is 63.9. The molecule has 4 heteroatoms. The molecule has 3 aliphatic rings. The summed E-state index contributed by atoms with van der Waals surface area (Å²) in [6, 6.07) is 151. The molecule has 0 unspecified atom stereocenters. The zero-order chi connectivity index (χ0) is 76.2. The molecule has 18 aromatic carbocycles. The van der Waals surface area contributed by atoms with Crippen LogP contribution in [0.5, 0.6) is 0 Å². The van der Waals surface area contributed by atoms with Crippen molar-refractivity contribution in [3.63, 3.8) is 0 Å². The van der Waals surface area contributed by atoms with Gasteiger partial charge in [-0.15, -0.1) is 0 Å². The van der Waals surface area contributed by atoms with Crippen LogP contribution in [0.3, 0.4) is 0 Å². The van der Waals surface area contributed by atoms with Crippen LogP contribution < -0.4 is 0 Å². The Balaban J connectivity index is 0.657. The van der Waals surface area contributed by atoms with E-state index in [-0.39, 0.29) is 5.41 Å². The topological polar surface area (TPSA) is 19.7 Å². The van der Waals surface area contributed by atoms with E-state index in [0.29, 0.717) is 0 Å². The molecule has 0 atom stereocenters. The maximum absolute atomic E-state index is 2.58. The van der Waals surface area contributed by atoms with Gasteiger partial charge in [-0.2, -0.15) is 0 Å². The molecule has 0 N–H and O–H groups in total. The summed E-state index contributed by atoms with van der Waals surface area (Å²) in [6.07, 6.45) is 0. The van der Waals surface area contributed by atoms with Crippen molar-refractivity contribution in [1.29, 1.82) is 0 Å². The van der Waals surface area contributed by atoms with Crippen LogP contribution in [0.25, 0.3) is 199 Å². The van der Waals surface area contributed by atoms with Crippen molar-refractivity contribution in [2.45, 2.75) is 24.7 Å². The van der Waals surface area contributed by atoms with Crippen molar-refractivity contribution in [3.05, 3.63) is 434 Å². The highest BCUT2D eigenvalue weighted by atomic mass is 15.0. The van der Waals surface area contributed by atoms with Gasteiger partial charge in [-0.3, -0.25) is 0 Å². The minimum Gasteiger partial charge on any atom is -0.309 e. The maximum Gasteiger partial charge on any atom is 0.0726 e. The van der Waals surface area contributed by atoms with Crippen LogP contribution in [-0.2, 0) is 10.8 Å². The molecule has 0 saturated carbocycles. The van der Waals surface area contributed by atoms with Crippen LogP contribution in [0.15, 0.2) is 400 Å². The van der Waals surface area contributed by atoms with Gasteiger partial charge < -0.3 is 18.3 Å². The first-order valence-corrected chi connectivity index (χ1v) is 40.5. The average Bonchev–Trinajstić information content (AvgIpc) is 1.50. The molecule has 0 fully saturated rings. The quantitative estimate of drug-likeness (QED) is 0.137. The summed E-state index contributed by atoms with van der Waals surface area (Å²) < 4.78 is 10.0. The van der Waals surface area contributed by atoms with Crippen LogP contribution in [0, 0.1) is 0 Å². The van der Waals surface area contributed by atoms with Gasteiger partial charge in [0, 0.05) is 71.3 Å². The SMILES string of the molecule is CC1(C)c2ccccc2-c2cc3c4cc(-c5ccccc5)ccc4n(-c4ccc5c(c4)c4cc(-c6ccccc6)ccc4n5-c4cccc(-c5cccc(-c6ccc7c(c6)c6cc8c(cc6n7-c6ccc7c(c6)c6cc(-c9ccccc9)ccc6n7-c6ccccc6)C6(c7ccccc7-c7ccccc76)c6ccccc6-8)c5)c4)c3cc21. The predicted octanol–water partition coefficient (Wildman–Crippen LogP) is 29.1. The molecule has 4 aromatic heterocycles. The smallest absolute Gasteiger partial charge is 0.0726 e. The number of aromatic nitrogens is 4. The predicted molar refractivity (Wildman–Crippen MR) is 485 cm³/mol. The van der Waals surface area contributed by atoms with Crippen molar-refractivity contribution >= 4 is 87.2 Å². The summed E-state index contributed by atoms with van der Waals surface area (Å²) in [5.74, 6) is 0. The van der Waals surface area contributed by atoms with Crippen LogP contribution in [-0.4, -0.2) is 18.3 Å². The summed E-state index contributed by atoms with van der Waals surface area (Å²) in [5, 5.41) is 9.73. The van der Waals surface area contributed by atoms with Gasteiger partial charge in [0.05, 0.1) is 49.5 Å². The first kappa shape index (κ1) is 64.8. The largest absolute Gasteiger partial charge is 0.309 e. The third-order valence-electron chi connectivity index (χ3n) is 26.3. The van der Waals surface area contributed by atoms with E-state index in [1.165, 1.54) is 165 Å². The van der Waals surface area contributed by atoms with Gasteiger partial charge >= 0.3 is 0 Å². The Morgan fingerprint density at radius 3 is 0.879 bits per heavy atom. The highest BCUT2D eigenvalue weighted by Gasteiger charge is 2.52. The molecule has 4 nitrogen and oxygen atoms in total. The first-order valence-electron chi connectivity index (χ1n) is 40.5. The molecule has 25 rings (SSSR count). The molecule has 0 radical (unpaired) electrons. The van der Waals surface area contributed by atoms with Crippen LogP contribution >= 0.6 is 0 Å². The van der Waals surface area contributed by atoms with Crippen LogP contribution in [0.1, 0.15) is 47.2 Å². The fourth-order valence-electron chi connectivity index (χ4n) is 21.1. The Morgan fingerprint density at radius 1 is 0.155 bits per heavy atom. The van der Waals surface area contributed by atoms with Crippen molar-refractivity contribution in [1.82, 2.24) is 18.3 Å². The summed E-state index contributed by atoms with van der Waals surface area (Å²) >= 11 is 0. The Bertz CT molecular complexity index is 7910. The highest BCUT2D eigenvalue weighted by Crippen LogP contribution is 2.64. The van der Waals surface area contributed by atoms with E-state index in [4.69, 9.17) is 0 Å². The Hall–Kier alpha value is -14.8. The lowest BCUT2D eigenvalue weighted by atomic mass is 9.70. The van der Waals surface area contributed by atoms with Crippen molar-refractivity contribution < 1.29 is 0 Å². The van der Waals surface area contributed by atoms with Crippen molar-refractivity contribution in [3.8, 4) is 112 Å². The van der Waals surface area contributed by atoms with Gasteiger partial charge in [0.25, 0.3) is 0 Å². The monoisotopic (exact) mass is 1470 g/mol. The number of para-hydroxylation sites is 1. The van der Waals surface area contributed by atoms with Gasteiger partial charge in [0.15, 0.2) is 0 Å². The second kappa shape index (κ2) is 24.3. The van der Waals surface area contributed by atoms with E-state index >= 15 is 0 Å². The first-order chi connectivity index (χ1) is 57.3. The van der Waals surface area contributed by atoms with Gasteiger partial charge in [-0.1, -0.05) is 275 Å². The molecule has 540 valence electrons. The van der Waals surface area contributed by atoms with Crippen LogP contribution in [0.4, 0.5) is 0 Å². The average molecular weight is 1470 g/mol. The number of nitrogens with zero attached hydrogens (tertiary/aromatic N) is 4. The third kappa shape index (κ3) is 9.15. The molecule has 0 aliphatic heterocycles. The summed E-state index contributed by atoms with van der Waals surface area (Å²) in [6.45, 7) is 4.78. The van der Waals surface area contributed by atoms with E-state index in [1.54, 1.807) is 0 Å². The summed E-state index contributed by atoms with van der Waals surface area (Å²) in [4.78, 5) is 0. The van der Waals surface area contributed by atoms with E-state index < -0.39 is 5.41 Å². The van der Waals surface area contributed by atoms with E-state index in [0.717, 1.165) is 67.1 Å². The fourth-order valence-corrected chi connectivity index (χ4v) is 21.1. The number of benzene rings is 18. The highest BCUT2D eigenvalue weighted by molar-refractivity contribution is 6.18. The summed E-state index contributed by atoms with van der Waals surface area (Å²) in [5.41, 5.74) is 40.8. The third-order valence-corrected chi connectivity index (χ3v) is 26.3. The van der Waals surface area contributed by atoms with E-state index in [9.17, 15) is 0 Å². The molecular weight excluding hydrogens is 1400 g/mol. The lowest BCUT2D eigenvalue weighted by molar-refractivity contribution is 0.661. The number of fused-ring (bicyclic) bond motifs is 25. The molecule has 0 bridgehead atoms. The van der Waals surface area contributed by atoms with Crippen molar-refractivity contribution in [2.24, 2.45) is 0 Å². The van der Waals surface area contributed by atoms with Crippen molar-refractivity contribution in [2.75, 3.05) is 0 Å². The van der Waals surface area contributed by atoms with Gasteiger partial charge in [-0.05, 0) is 262 Å². The van der Waals surface area contributed by atoms with E-state index in [2.05, 4.69) is 432 Å². The molecule has 116 heavy (non-hydrogen) atoms. The Morgan fingerprint density at radius 2 is 0.431 bits per heavy atom. The number of hydrogen-bond acceptors (Lipinski definition) is 0. The second-order valence-electron chi connectivity index (χ2n) is 32.6. The number of rotatable bonds is 9. The molecule has 0 saturated heterocycles. The Labute approximate surface area is 671 Å². The molecule has 3 aliphatic carbocycles. The normalized spacial score (nSPS) is 13.4. The maximum atomic E-state index is 2.58. The lowest BCUT2D eigenvalue weighted by Crippen LogP contribution is -2.25. The minimum absolute atomic E-state index is 0.172. The summed E-state index contributed by atoms with van der Waals surface area (Å²) in [7, 11) is 0. The molecule has 22 aromatic rings. The second-order valence-corrected chi connectivity index (χ2v) is 32.6. The van der Waals surface area contributed by atoms with Gasteiger partial charge in [-0.25, -0.2) is 0 Å². The van der Waals surface area contributed by atoms with Crippen LogP contribution in [0.2, 0.25) is 0 Å². The zero-order valence-corrected chi connectivity index (χ0v) is 63.9. The minimum atomic E-state index is -0.522. The molecule has 1 spiro atoms. The van der Waals surface area contributed by atoms with E-state index in [1.807, 2.05) is 0 Å². The number of hydrogen-bond donors (Lipinski definition) is 0. The molecular formula is C112H72N4. The Kier molecular flexibility index (Phi) is 13.6. The van der Waals surface area contributed by atoms with Gasteiger partial charge in [0.2, 0.25) is 0 Å². The lowest BCUT2D eigenvalue weighted by Gasteiger charge is -2.30. The molecule has 4 heterocycles. The fraction of sp³-hybridized carbons (Fsp3) is 0.0357.